The van der Waals surface area contributed by atoms with Crippen molar-refractivity contribution in [1.82, 2.24) is 0 Å². The van der Waals surface area contributed by atoms with Gasteiger partial charge in [-0.25, -0.2) is 16.8 Å². The highest BCUT2D eigenvalue weighted by molar-refractivity contribution is 7.95. The molecule has 0 fully saturated rings. The molecule has 0 radical (unpaired) electrons. The highest BCUT2D eigenvalue weighted by Crippen LogP contribution is 2.29. The van der Waals surface area contributed by atoms with Gasteiger partial charge in [-0.05, 0) is 37.3 Å². The van der Waals surface area contributed by atoms with Crippen molar-refractivity contribution in [2.75, 3.05) is 10.1 Å². The minimum atomic E-state index is -3.89. The SMILES string of the molecule is Cc1ccc(S(=O)(=O)N(c2ccccc2)C2C=CS(=O)(=O)C2)cc1. The maximum atomic E-state index is 13.1. The zero-order chi connectivity index (χ0) is 17.4. The van der Waals surface area contributed by atoms with E-state index < -0.39 is 25.9 Å². The molecule has 0 amide bonds. The number of hydrogen-bond acceptors (Lipinski definition) is 4. The summed E-state index contributed by atoms with van der Waals surface area (Å²) in [5, 5.41) is 1.08. The Labute approximate surface area is 142 Å². The number of nitrogens with zero attached hydrogens (tertiary/aromatic N) is 1. The zero-order valence-electron chi connectivity index (χ0n) is 13.0. The van der Waals surface area contributed by atoms with Crippen LogP contribution in [0.15, 0.2) is 71.0 Å². The van der Waals surface area contributed by atoms with Crippen LogP contribution in [0.25, 0.3) is 0 Å². The van der Waals surface area contributed by atoms with Gasteiger partial charge in [0.15, 0.2) is 9.84 Å². The molecule has 0 N–H and O–H groups in total. The fraction of sp³-hybridized carbons (Fsp3) is 0.176. The van der Waals surface area contributed by atoms with Crippen molar-refractivity contribution in [1.29, 1.82) is 0 Å². The Bertz CT molecular complexity index is 963. The Morgan fingerprint density at radius 2 is 1.62 bits per heavy atom. The lowest BCUT2D eigenvalue weighted by molar-refractivity contribution is 0.586. The molecule has 1 unspecified atom stereocenters. The average molecular weight is 363 g/mol. The second kappa shape index (κ2) is 6.07. The van der Waals surface area contributed by atoms with Gasteiger partial charge >= 0.3 is 0 Å². The first-order valence-corrected chi connectivity index (χ1v) is 10.5. The van der Waals surface area contributed by atoms with E-state index in [1.165, 1.54) is 22.5 Å². The van der Waals surface area contributed by atoms with Crippen LogP contribution in [0.4, 0.5) is 5.69 Å². The Morgan fingerprint density at radius 3 is 2.17 bits per heavy atom. The van der Waals surface area contributed by atoms with Gasteiger partial charge in [-0.15, -0.1) is 0 Å². The number of anilines is 1. The van der Waals surface area contributed by atoms with Crippen molar-refractivity contribution in [2.24, 2.45) is 0 Å². The minimum absolute atomic E-state index is 0.134. The lowest BCUT2D eigenvalue weighted by Crippen LogP contribution is -2.41. The van der Waals surface area contributed by atoms with E-state index in [9.17, 15) is 16.8 Å². The second-order valence-corrected chi connectivity index (χ2v) is 9.42. The predicted octanol–water partition coefficient (Wildman–Crippen LogP) is 2.50. The topological polar surface area (TPSA) is 71.5 Å². The maximum Gasteiger partial charge on any atom is 0.264 e. The van der Waals surface area contributed by atoms with Crippen LogP contribution >= 0.6 is 0 Å². The van der Waals surface area contributed by atoms with Gasteiger partial charge in [-0.1, -0.05) is 35.9 Å². The zero-order valence-corrected chi connectivity index (χ0v) is 14.7. The van der Waals surface area contributed by atoms with E-state index in [-0.39, 0.29) is 10.6 Å². The highest BCUT2D eigenvalue weighted by Gasteiger charge is 2.35. The first-order chi connectivity index (χ1) is 11.3. The third-order valence-electron chi connectivity index (χ3n) is 3.80. The van der Waals surface area contributed by atoms with Crippen LogP contribution in [0, 0.1) is 6.92 Å². The number of benzene rings is 2. The molecular weight excluding hydrogens is 346 g/mol. The molecule has 3 rings (SSSR count). The van der Waals surface area contributed by atoms with E-state index in [0.29, 0.717) is 5.69 Å². The van der Waals surface area contributed by atoms with Gasteiger partial charge < -0.3 is 0 Å². The molecule has 1 aliphatic rings. The molecule has 0 saturated carbocycles. The monoisotopic (exact) mass is 363 g/mol. The lowest BCUT2D eigenvalue weighted by atomic mass is 10.2. The summed E-state index contributed by atoms with van der Waals surface area (Å²) in [6.45, 7) is 1.87. The summed E-state index contributed by atoms with van der Waals surface area (Å²) in [5.74, 6) is -0.257. The van der Waals surface area contributed by atoms with Crippen LogP contribution in [0.3, 0.4) is 0 Å². The van der Waals surface area contributed by atoms with Crippen molar-refractivity contribution in [3.8, 4) is 0 Å². The number of aryl methyl sites for hydroxylation is 1. The number of rotatable bonds is 4. The molecule has 0 spiro atoms. The average Bonchev–Trinajstić information content (AvgIpc) is 2.88. The molecule has 5 nitrogen and oxygen atoms in total. The fourth-order valence-corrected chi connectivity index (χ4v) is 5.58. The Balaban J connectivity index is 2.11. The fourth-order valence-electron chi connectivity index (χ4n) is 2.61. The van der Waals surface area contributed by atoms with Crippen LogP contribution in [0.1, 0.15) is 5.56 Å². The molecule has 2 aromatic carbocycles. The molecular formula is C17H17NO4S2. The molecule has 0 bridgehead atoms. The first-order valence-electron chi connectivity index (χ1n) is 7.37. The summed E-state index contributed by atoms with van der Waals surface area (Å²) in [7, 11) is -7.27. The van der Waals surface area contributed by atoms with Crippen molar-refractivity contribution in [2.45, 2.75) is 17.9 Å². The van der Waals surface area contributed by atoms with E-state index in [4.69, 9.17) is 0 Å². The summed E-state index contributed by atoms with van der Waals surface area (Å²) in [6.07, 6.45) is 1.42. The summed E-state index contributed by atoms with van der Waals surface area (Å²) in [5.41, 5.74) is 1.38. The van der Waals surface area contributed by atoms with Gasteiger partial charge in [0.1, 0.15) is 0 Å². The minimum Gasteiger partial charge on any atom is -0.258 e. The van der Waals surface area contributed by atoms with Gasteiger partial charge in [0.2, 0.25) is 0 Å². The number of hydrogen-bond donors (Lipinski definition) is 0. The molecule has 1 aliphatic heterocycles. The molecule has 126 valence electrons. The van der Waals surface area contributed by atoms with Crippen LogP contribution in [0.2, 0.25) is 0 Å². The van der Waals surface area contributed by atoms with E-state index in [0.717, 1.165) is 11.0 Å². The van der Waals surface area contributed by atoms with Crippen molar-refractivity contribution in [3.05, 3.63) is 71.6 Å². The number of sulfonamides is 1. The molecule has 1 heterocycles. The van der Waals surface area contributed by atoms with Crippen molar-refractivity contribution in [3.63, 3.8) is 0 Å². The van der Waals surface area contributed by atoms with Gasteiger partial charge in [0.05, 0.1) is 22.4 Å². The Morgan fingerprint density at radius 1 is 1.00 bits per heavy atom. The predicted molar refractivity (Wildman–Crippen MR) is 94.0 cm³/mol. The van der Waals surface area contributed by atoms with E-state index in [2.05, 4.69) is 0 Å². The summed E-state index contributed by atoms with van der Waals surface area (Å²) in [4.78, 5) is 0.134. The number of sulfone groups is 1. The molecule has 7 heteroatoms. The van der Waals surface area contributed by atoms with E-state index >= 15 is 0 Å². The van der Waals surface area contributed by atoms with Crippen LogP contribution in [-0.2, 0) is 19.9 Å². The third-order valence-corrected chi connectivity index (χ3v) is 7.05. The second-order valence-electron chi connectivity index (χ2n) is 5.67. The lowest BCUT2D eigenvalue weighted by Gasteiger charge is -2.29. The molecule has 0 aromatic heterocycles. The maximum absolute atomic E-state index is 13.1. The van der Waals surface area contributed by atoms with E-state index in [1.54, 1.807) is 42.5 Å². The standard InChI is InChI=1S/C17H17NO4S2/c1-14-7-9-17(10-8-14)24(21,22)18(15-5-3-2-4-6-15)16-11-12-23(19,20)13-16/h2-12,16H,13H2,1H3. The van der Waals surface area contributed by atoms with Gasteiger partial charge in [-0.3, -0.25) is 4.31 Å². The molecule has 2 aromatic rings. The molecule has 1 atom stereocenters. The van der Waals surface area contributed by atoms with Gasteiger partial charge in [0.25, 0.3) is 10.0 Å². The highest BCUT2D eigenvalue weighted by atomic mass is 32.2. The summed E-state index contributed by atoms with van der Waals surface area (Å²) in [6, 6.07) is 14.3. The molecule has 0 aliphatic carbocycles. The van der Waals surface area contributed by atoms with Gasteiger partial charge in [-0.2, -0.15) is 0 Å². The summed E-state index contributed by atoms with van der Waals surface area (Å²) < 4.78 is 51.0. The van der Waals surface area contributed by atoms with Crippen LogP contribution in [-0.4, -0.2) is 28.6 Å². The van der Waals surface area contributed by atoms with Crippen molar-refractivity contribution < 1.29 is 16.8 Å². The Kier molecular flexibility index (Phi) is 4.23. The summed E-state index contributed by atoms with van der Waals surface area (Å²) >= 11 is 0. The van der Waals surface area contributed by atoms with Crippen LogP contribution < -0.4 is 4.31 Å². The largest absolute Gasteiger partial charge is 0.264 e. The third kappa shape index (κ3) is 3.22. The smallest absolute Gasteiger partial charge is 0.258 e. The molecule has 24 heavy (non-hydrogen) atoms. The Hall–Kier alpha value is -2.12. The normalized spacial score (nSPS) is 19.3. The van der Waals surface area contributed by atoms with Crippen LogP contribution in [0.5, 0.6) is 0 Å². The quantitative estimate of drug-likeness (QED) is 0.837. The first kappa shape index (κ1) is 16.7. The van der Waals surface area contributed by atoms with Crippen molar-refractivity contribution >= 4 is 25.5 Å². The van der Waals surface area contributed by atoms with E-state index in [1.807, 2.05) is 6.92 Å². The number of para-hydroxylation sites is 1. The molecule has 0 saturated heterocycles. The van der Waals surface area contributed by atoms with Gasteiger partial charge in [0, 0.05) is 5.41 Å².